The van der Waals surface area contributed by atoms with Crippen molar-refractivity contribution in [1.29, 1.82) is 0 Å². The van der Waals surface area contributed by atoms with Gasteiger partial charge in [0.1, 0.15) is 0 Å². The van der Waals surface area contributed by atoms with Crippen LogP contribution in [0.1, 0.15) is 31.2 Å². The van der Waals surface area contributed by atoms with Gasteiger partial charge >= 0.3 is 0 Å². The SMILES string of the molecule is Cc1ccc(S(C)(=O)=O)cc1S(=O)(=O)N1CCCC1C1CCOCC1. The van der Waals surface area contributed by atoms with E-state index in [0.717, 1.165) is 31.9 Å². The molecule has 0 bridgehead atoms. The summed E-state index contributed by atoms with van der Waals surface area (Å²) in [5, 5.41) is 0. The van der Waals surface area contributed by atoms with Gasteiger partial charge in [-0.2, -0.15) is 4.31 Å². The number of hydrogen-bond acceptors (Lipinski definition) is 5. The average Bonchev–Trinajstić information content (AvgIpc) is 3.05. The molecule has 2 aliphatic rings. The minimum Gasteiger partial charge on any atom is -0.381 e. The summed E-state index contributed by atoms with van der Waals surface area (Å²) in [6.07, 6.45) is 4.54. The van der Waals surface area contributed by atoms with Crippen molar-refractivity contribution < 1.29 is 21.6 Å². The Hall–Kier alpha value is -0.960. The normalized spacial score (nSPS) is 23.8. The second kappa shape index (κ2) is 6.98. The zero-order valence-corrected chi connectivity index (χ0v) is 16.3. The van der Waals surface area contributed by atoms with E-state index in [1.807, 2.05) is 0 Å². The molecule has 0 spiro atoms. The molecule has 2 heterocycles. The van der Waals surface area contributed by atoms with Gasteiger partial charge < -0.3 is 4.74 Å². The van der Waals surface area contributed by atoms with Crippen molar-refractivity contribution in [2.75, 3.05) is 26.0 Å². The summed E-state index contributed by atoms with van der Waals surface area (Å²) in [5.41, 5.74) is 0.574. The Morgan fingerprint density at radius 1 is 1.08 bits per heavy atom. The Balaban J connectivity index is 1.98. The standard InChI is InChI=1S/C17H25NO5S2/c1-13-5-6-15(24(2,19)20)12-17(13)25(21,22)18-9-3-4-16(18)14-7-10-23-11-8-14/h5-6,12,14,16H,3-4,7-11H2,1-2H3. The molecule has 1 unspecified atom stereocenters. The van der Waals surface area contributed by atoms with E-state index in [9.17, 15) is 16.8 Å². The summed E-state index contributed by atoms with van der Waals surface area (Å²) in [4.78, 5) is 0.146. The summed E-state index contributed by atoms with van der Waals surface area (Å²) >= 11 is 0. The van der Waals surface area contributed by atoms with Crippen molar-refractivity contribution in [3.05, 3.63) is 23.8 Å². The van der Waals surface area contributed by atoms with Gasteiger partial charge in [-0.05, 0) is 56.2 Å². The van der Waals surface area contributed by atoms with E-state index in [2.05, 4.69) is 0 Å². The highest BCUT2D eigenvalue weighted by Gasteiger charge is 2.40. The molecular formula is C17H25NO5S2. The fraction of sp³-hybridized carbons (Fsp3) is 0.647. The maximum absolute atomic E-state index is 13.3. The van der Waals surface area contributed by atoms with E-state index in [1.165, 1.54) is 12.1 Å². The molecule has 0 aromatic heterocycles. The van der Waals surface area contributed by atoms with Crippen LogP contribution in [-0.2, 0) is 24.6 Å². The van der Waals surface area contributed by atoms with Crippen LogP contribution in [0.5, 0.6) is 0 Å². The predicted octanol–water partition coefficient (Wildman–Crippen LogP) is 1.98. The first-order valence-electron chi connectivity index (χ1n) is 8.61. The zero-order valence-electron chi connectivity index (χ0n) is 14.6. The number of sulfone groups is 1. The molecule has 2 saturated heterocycles. The van der Waals surface area contributed by atoms with Gasteiger partial charge in [-0.1, -0.05) is 6.07 Å². The highest BCUT2D eigenvalue weighted by atomic mass is 32.2. The summed E-state index contributed by atoms with van der Waals surface area (Å²) in [7, 11) is -7.18. The zero-order chi connectivity index (χ0) is 18.2. The Labute approximate surface area is 150 Å². The number of benzene rings is 1. The third-order valence-corrected chi connectivity index (χ3v) is 8.41. The van der Waals surface area contributed by atoms with Crippen LogP contribution in [0.3, 0.4) is 0 Å². The van der Waals surface area contributed by atoms with E-state index < -0.39 is 19.9 Å². The van der Waals surface area contributed by atoms with Crippen molar-refractivity contribution in [2.24, 2.45) is 5.92 Å². The molecule has 0 N–H and O–H groups in total. The van der Waals surface area contributed by atoms with Crippen LogP contribution in [-0.4, -0.2) is 53.2 Å². The molecule has 0 amide bonds. The van der Waals surface area contributed by atoms with Gasteiger partial charge in [0.25, 0.3) is 0 Å². The third kappa shape index (κ3) is 3.77. The van der Waals surface area contributed by atoms with E-state index in [-0.39, 0.29) is 15.8 Å². The van der Waals surface area contributed by atoms with Crippen molar-refractivity contribution in [3.63, 3.8) is 0 Å². The summed E-state index contributed by atoms with van der Waals surface area (Å²) in [5.74, 6) is 0.310. The van der Waals surface area contributed by atoms with E-state index in [0.29, 0.717) is 31.2 Å². The Bertz CT molecular complexity index is 842. The molecule has 3 rings (SSSR count). The lowest BCUT2D eigenvalue weighted by atomic mass is 9.91. The minimum atomic E-state index is -3.72. The molecule has 1 aromatic rings. The number of ether oxygens (including phenoxy) is 1. The molecule has 2 aliphatic heterocycles. The first kappa shape index (κ1) is 18.8. The van der Waals surface area contributed by atoms with Crippen LogP contribution >= 0.6 is 0 Å². The fourth-order valence-corrected chi connectivity index (χ4v) is 6.58. The van der Waals surface area contributed by atoms with Crippen molar-refractivity contribution in [1.82, 2.24) is 4.31 Å². The van der Waals surface area contributed by atoms with Crippen LogP contribution in [0.15, 0.2) is 28.0 Å². The molecule has 25 heavy (non-hydrogen) atoms. The predicted molar refractivity (Wildman–Crippen MR) is 94.7 cm³/mol. The Kier molecular flexibility index (Phi) is 5.26. The van der Waals surface area contributed by atoms with Gasteiger partial charge in [-0.15, -0.1) is 0 Å². The smallest absolute Gasteiger partial charge is 0.243 e. The van der Waals surface area contributed by atoms with Crippen LogP contribution in [0.25, 0.3) is 0 Å². The second-order valence-corrected chi connectivity index (χ2v) is 10.8. The third-order valence-electron chi connectivity index (χ3n) is 5.23. The van der Waals surface area contributed by atoms with Gasteiger partial charge in [0.05, 0.1) is 9.79 Å². The second-order valence-electron chi connectivity index (χ2n) is 6.97. The number of sulfonamides is 1. The Morgan fingerprint density at radius 2 is 1.76 bits per heavy atom. The van der Waals surface area contributed by atoms with Gasteiger partial charge in [-0.3, -0.25) is 0 Å². The lowest BCUT2D eigenvalue weighted by Crippen LogP contribution is -2.42. The first-order chi connectivity index (χ1) is 11.7. The number of hydrogen-bond donors (Lipinski definition) is 0. The highest BCUT2D eigenvalue weighted by Crippen LogP contribution is 2.35. The van der Waals surface area contributed by atoms with Crippen LogP contribution < -0.4 is 0 Å². The maximum atomic E-state index is 13.3. The molecule has 8 heteroatoms. The minimum absolute atomic E-state index is 0.0183. The fourth-order valence-electron chi connectivity index (χ4n) is 3.85. The molecule has 0 saturated carbocycles. The molecular weight excluding hydrogens is 362 g/mol. The molecule has 0 radical (unpaired) electrons. The van der Waals surface area contributed by atoms with Gasteiger partial charge in [-0.25, -0.2) is 16.8 Å². The molecule has 1 aromatic carbocycles. The summed E-state index contributed by atoms with van der Waals surface area (Å²) in [6, 6.07) is 4.32. The lowest BCUT2D eigenvalue weighted by Gasteiger charge is -2.33. The average molecular weight is 388 g/mol. The van der Waals surface area contributed by atoms with E-state index in [4.69, 9.17) is 4.74 Å². The number of nitrogens with zero attached hydrogens (tertiary/aromatic N) is 1. The van der Waals surface area contributed by atoms with Crippen molar-refractivity contribution >= 4 is 19.9 Å². The molecule has 0 aliphatic carbocycles. The van der Waals surface area contributed by atoms with Crippen molar-refractivity contribution in [2.45, 2.75) is 48.4 Å². The quantitative estimate of drug-likeness (QED) is 0.789. The maximum Gasteiger partial charge on any atom is 0.243 e. The van der Waals surface area contributed by atoms with E-state index >= 15 is 0 Å². The first-order valence-corrected chi connectivity index (χ1v) is 11.9. The monoisotopic (exact) mass is 387 g/mol. The molecule has 140 valence electrons. The van der Waals surface area contributed by atoms with Crippen molar-refractivity contribution in [3.8, 4) is 0 Å². The van der Waals surface area contributed by atoms with Crippen LogP contribution in [0, 0.1) is 12.8 Å². The number of rotatable bonds is 4. The highest BCUT2D eigenvalue weighted by molar-refractivity contribution is 7.91. The van der Waals surface area contributed by atoms with Crippen LogP contribution in [0.2, 0.25) is 0 Å². The van der Waals surface area contributed by atoms with Crippen LogP contribution in [0.4, 0.5) is 0 Å². The Morgan fingerprint density at radius 3 is 2.40 bits per heavy atom. The van der Waals surface area contributed by atoms with Gasteiger partial charge in [0, 0.05) is 32.1 Å². The number of aryl methyl sites for hydroxylation is 1. The van der Waals surface area contributed by atoms with Gasteiger partial charge in [0.15, 0.2) is 9.84 Å². The van der Waals surface area contributed by atoms with Gasteiger partial charge in [0.2, 0.25) is 10.0 Å². The lowest BCUT2D eigenvalue weighted by molar-refractivity contribution is 0.0476. The largest absolute Gasteiger partial charge is 0.381 e. The molecule has 1 atom stereocenters. The molecule has 2 fully saturated rings. The topological polar surface area (TPSA) is 80.8 Å². The van der Waals surface area contributed by atoms with E-state index in [1.54, 1.807) is 17.3 Å². The summed E-state index contributed by atoms with van der Waals surface area (Å²) in [6.45, 7) is 3.56. The molecule has 6 nitrogen and oxygen atoms in total. The summed E-state index contributed by atoms with van der Waals surface area (Å²) < 4.78 is 57.2.